The summed E-state index contributed by atoms with van der Waals surface area (Å²) in [6.45, 7) is 2.35. The van der Waals surface area contributed by atoms with Crippen LogP contribution in [0.4, 0.5) is 0 Å². The molecule has 6 heteroatoms. The lowest BCUT2D eigenvalue weighted by atomic mass is 10.1. The molecule has 0 aliphatic carbocycles. The van der Waals surface area contributed by atoms with Crippen molar-refractivity contribution in [1.29, 1.82) is 0 Å². The van der Waals surface area contributed by atoms with Crippen molar-refractivity contribution in [2.75, 3.05) is 6.54 Å². The number of ether oxygens (including phenoxy) is 1. The largest absolute Gasteiger partial charge is 0.364 e. The molecule has 1 aliphatic heterocycles. The lowest BCUT2D eigenvalue weighted by Crippen LogP contribution is -2.37. The number of nitrogens with two attached hydrogens (primary N) is 1. The van der Waals surface area contributed by atoms with Gasteiger partial charge in [0.25, 0.3) is 0 Å². The number of rotatable bonds is 4. The van der Waals surface area contributed by atoms with Gasteiger partial charge in [0.2, 0.25) is 5.91 Å². The second-order valence-corrected chi connectivity index (χ2v) is 5.78. The van der Waals surface area contributed by atoms with E-state index in [0.717, 1.165) is 12.0 Å². The lowest BCUT2D eigenvalue weighted by Gasteiger charge is -2.18. The van der Waals surface area contributed by atoms with Crippen molar-refractivity contribution in [1.82, 2.24) is 5.32 Å². The van der Waals surface area contributed by atoms with Crippen LogP contribution in [0.1, 0.15) is 31.4 Å². The molecular formula is C14H18Cl2N2O2. The molecule has 1 saturated heterocycles. The second-order valence-electron chi connectivity index (χ2n) is 4.96. The van der Waals surface area contributed by atoms with Crippen LogP contribution in [0.2, 0.25) is 10.0 Å². The highest BCUT2D eigenvalue weighted by molar-refractivity contribution is 6.42. The van der Waals surface area contributed by atoms with Crippen molar-refractivity contribution < 1.29 is 9.53 Å². The minimum absolute atomic E-state index is 0.00830. The summed E-state index contributed by atoms with van der Waals surface area (Å²) >= 11 is 11.9. The van der Waals surface area contributed by atoms with Gasteiger partial charge in [-0.2, -0.15) is 0 Å². The summed E-state index contributed by atoms with van der Waals surface area (Å²) in [7, 11) is 0. The predicted octanol–water partition coefficient (Wildman–Crippen LogP) is 2.68. The van der Waals surface area contributed by atoms with Crippen LogP contribution >= 0.6 is 23.2 Å². The molecule has 1 aromatic rings. The number of halogens is 2. The molecule has 3 atom stereocenters. The van der Waals surface area contributed by atoms with Gasteiger partial charge in [-0.15, -0.1) is 0 Å². The molecule has 20 heavy (non-hydrogen) atoms. The number of hydrogen-bond acceptors (Lipinski definition) is 3. The van der Waals surface area contributed by atoms with Gasteiger partial charge < -0.3 is 15.8 Å². The summed E-state index contributed by atoms with van der Waals surface area (Å²) in [6, 6.07) is 5.17. The zero-order valence-corrected chi connectivity index (χ0v) is 12.7. The summed E-state index contributed by atoms with van der Waals surface area (Å²) < 4.78 is 5.57. The molecule has 1 aromatic carbocycles. The molecule has 4 nitrogen and oxygen atoms in total. The maximum Gasteiger partial charge on any atom is 0.249 e. The Morgan fingerprint density at radius 2 is 2.20 bits per heavy atom. The second kappa shape index (κ2) is 6.76. The lowest BCUT2D eigenvalue weighted by molar-refractivity contribution is -0.132. The zero-order valence-electron chi connectivity index (χ0n) is 11.2. The molecule has 0 saturated carbocycles. The SMILES string of the molecule is CC(NC(=O)C1CCC(CN)O1)c1ccc(Cl)c(Cl)c1. The van der Waals surface area contributed by atoms with Gasteiger partial charge >= 0.3 is 0 Å². The Bertz CT molecular complexity index is 496. The van der Waals surface area contributed by atoms with E-state index in [-0.39, 0.29) is 18.1 Å². The van der Waals surface area contributed by atoms with Crippen molar-refractivity contribution in [2.24, 2.45) is 5.73 Å². The Labute approximate surface area is 128 Å². The van der Waals surface area contributed by atoms with Crippen LogP contribution in [0.5, 0.6) is 0 Å². The molecule has 1 heterocycles. The zero-order chi connectivity index (χ0) is 14.7. The van der Waals surface area contributed by atoms with Gasteiger partial charge in [-0.3, -0.25) is 4.79 Å². The number of carbonyl (C=O) groups is 1. The van der Waals surface area contributed by atoms with Gasteiger partial charge in [-0.25, -0.2) is 0 Å². The summed E-state index contributed by atoms with van der Waals surface area (Å²) in [4.78, 5) is 12.1. The van der Waals surface area contributed by atoms with Gasteiger partial charge in [0.15, 0.2) is 0 Å². The van der Waals surface area contributed by atoms with E-state index in [2.05, 4.69) is 5.32 Å². The standard InChI is InChI=1S/C14H18Cl2N2O2/c1-8(9-2-4-11(15)12(16)6-9)18-14(19)13-5-3-10(7-17)20-13/h2,4,6,8,10,13H,3,5,7,17H2,1H3,(H,18,19). The molecule has 3 N–H and O–H groups in total. The first kappa shape index (κ1) is 15.6. The van der Waals surface area contributed by atoms with Crippen molar-refractivity contribution in [3.8, 4) is 0 Å². The van der Waals surface area contributed by atoms with Crippen LogP contribution < -0.4 is 11.1 Å². The fourth-order valence-electron chi connectivity index (χ4n) is 2.24. The van der Waals surface area contributed by atoms with Gasteiger partial charge in [-0.1, -0.05) is 29.3 Å². The average molecular weight is 317 g/mol. The maximum atomic E-state index is 12.1. The molecule has 0 spiro atoms. The van der Waals surface area contributed by atoms with Gasteiger partial charge in [0.05, 0.1) is 22.2 Å². The van der Waals surface area contributed by atoms with Crippen LogP contribution in [0.3, 0.4) is 0 Å². The highest BCUT2D eigenvalue weighted by Gasteiger charge is 2.30. The molecular weight excluding hydrogens is 299 g/mol. The fraction of sp³-hybridized carbons (Fsp3) is 0.500. The van der Waals surface area contributed by atoms with E-state index in [1.54, 1.807) is 12.1 Å². The summed E-state index contributed by atoms with van der Waals surface area (Å²) in [5.41, 5.74) is 6.44. The smallest absolute Gasteiger partial charge is 0.249 e. The van der Waals surface area contributed by atoms with E-state index < -0.39 is 6.10 Å². The number of amides is 1. The summed E-state index contributed by atoms with van der Waals surface area (Å²) in [5.74, 6) is -0.112. The number of hydrogen-bond donors (Lipinski definition) is 2. The van der Waals surface area contributed by atoms with E-state index >= 15 is 0 Å². The van der Waals surface area contributed by atoms with Crippen LogP contribution in [0.25, 0.3) is 0 Å². The minimum Gasteiger partial charge on any atom is -0.364 e. The van der Waals surface area contributed by atoms with Crippen molar-refractivity contribution in [3.63, 3.8) is 0 Å². The Kier molecular flexibility index (Phi) is 5.27. The molecule has 3 unspecified atom stereocenters. The molecule has 1 fully saturated rings. The minimum atomic E-state index is -0.409. The van der Waals surface area contributed by atoms with Crippen LogP contribution in [-0.4, -0.2) is 24.7 Å². The van der Waals surface area contributed by atoms with Crippen LogP contribution in [-0.2, 0) is 9.53 Å². The Hall–Kier alpha value is -0.810. The number of benzene rings is 1. The highest BCUT2D eigenvalue weighted by Crippen LogP contribution is 2.26. The van der Waals surface area contributed by atoms with E-state index in [9.17, 15) is 4.79 Å². The number of carbonyl (C=O) groups excluding carboxylic acids is 1. The van der Waals surface area contributed by atoms with Gasteiger partial charge in [0, 0.05) is 6.54 Å². The molecule has 110 valence electrons. The third-order valence-electron chi connectivity index (χ3n) is 3.47. The quantitative estimate of drug-likeness (QED) is 0.897. The third kappa shape index (κ3) is 3.64. The van der Waals surface area contributed by atoms with Gasteiger partial charge in [-0.05, 0) is 37.5 Å². The fourth-order valence-corrected chi connectivity index (χ4v) is 2.55. The first-order chi connectivity index (χ1) is 9.51. The van der Waals surface area contributed by atoms with Crippen molar-refractivity contribution >= 4 is 29.1 Å². The first-order valence-corrected chi connectivity index (χ1v) is 7.37. The molecule has 1 amide bonds. The Balaban J connectivity index is 1.95. The molecule has 0 aromatic heterocycles. The van der Waals surface area contributed by atoms with Crippen molar-refractivity contribution in [3.05, 3.63) is 33.8 Å². The summed E-state index contributed by atoms with van der Waals surface area (Å²) in [6.07, 6.45) is 1.12. The predicted molar refractivity (Wildman–Crippen MR) is 80.0 cm³/mol. The Morgan fingerprint density at radius 3 is 2.80 bits per heavy atom. The topological polar surface area (TPSA) is 64.4 Å². The number of nitrogens with one attached hydrogen (secondary N) is 1. The highest BCUT2D eigenvalue weighted by atomic mass is 35.5. The third-order valence-corrected chi connectivity index (χ3v) is 4.20. The van der Waals surface area contributed by atoms with E-state index in [1.165, 1.54) is 0 Å². The first-order valence-electron chi connectivity index (χ1n) is 6.62. The van der Waals surface area contributed by atoms with E-state index in [0.29, 0.717) is 23.0 Å². The monoisotopic (exact) mass is 316 g/mol. The van der Waals surface area contributed by atoms with E-state index in [4.69, 9.17) is 33.7 Å². The van der Waals surface area contributed by atoms with Crippen LogP contribution in [0, 0.1) is 0 Å². The van der Waals surface area contributed by atoms with Crippen LogP contribution in [0.15, 0.2) is 18.2 Å². The Morgan fingerprint density at radius 1 is 1.45 bits per heavy atom. The van der Waals surface area contributed by atoms with Gasteiger partial charge in [0.1, 0.15) is 6.10 Å². The molecule has 2 rings (SSSR count). The maximum absolute atomic E-state index is 12.1. The van der Waals surface area contributed by atoms with Crippen molar-refractivity contribution in [2.45, 2.75) is 38.0 Å². The average Bonchev–Trinajstić information content (AvgIpc) is 2.90. The summed E-state index contributed by atoms with van der Waals surface area (Å²) in [5, 5.41) is 3.90. The molecule has 0 radical (unpaired) electrons. The normalized spacial score (nSPS) is 23.6. The van der Waals surface area contributed by atoms with E-state index in [1.807, 2.05) is 13.0 Å². The molecule has 0 bridgehead atoms. The molecule has 1 aliphatic rings.